The number of amides is 1. The highest BCUT2D eigenvalue weighted by Gasteiger charge is 2.19. The topological polar surface area (TPSA) is 63.1 Å². The maximum absolute atomic E-state index is 13.0. The molecule has 1 aromatic carbocycles. The van der Waals surface area contributed by atoms with Crippen LogP contribution in [-0.2, 0) is 0 Å². The molecule has 6 nitrogen and oxygen atoms in total. The van der Waals surface area contributed by atoms with Crippen LogP contribution in [0.3, 0.4) is 0 Å². The van der Waals surface area contributed by atoms with Crippen LogP contribution in [0.15, 0.2) is 30.3 Å². The second-order valence-corrected chi connectivity index (χ2v) is 8.35. The molecular weight excluding hydrogens is 374 g/mol. The number of aryl methyl sites for hydroxylation is 3. The summed E-state index contributed by atoms with van der Waals surface area (Å²) in [6.45, 7) is 10.0. The summed E-state index contributed by atoms with van der Waals surface area (Å²) in [7, 11) is 0. The smallest absolute Gasteiger partial charge is 0.252 e. The lowest BCUT2D eigenvalue weighted by Gasteiger charge is -2.26. The van der Waals surface area contributed by atoms with Crippen LogP contribution in [0.2, 0.25) is 0 Å². The van der Waals surface area contributed by atoms with E-state index in [4.69, 9.17) is 10.1 Å². The Labute approximate surface area is 178 Å². The van der Waals surface area contributed by atoms with Crippen molar-refractivity contribution in [3.05, 3.63) is 52.8 Å². The molecule has 158 valence electrons. The molecule has 0 aliphatic carbocycles. The summed E-state index contributed by atoms with van der Waals surface area (Å²) in [5.74, 6) is -0.0456. The van der Waals surface area contributed by atoms with Crippen LogP contribution in [-0.4, -0.2) is 51.8 Å². The van der Waals surface area contributed by atoms with Gasteiger partial charge in [0.2, 0.25) is 0 Å². The summed E-state index contributed by atoms with van der Waals surface area (Å²) >= 11 is 0. The van der Waals surface area contributed by atoms with Gasteiger partial charge in [0.05, 0.1) is 22.3 Å². The third-order valence-electron chi connectivity index (χ3n) is 5.85. The van der Waals surface area contributed by atoms with Crippen molar-refractivity contribution in [2.45, 2.75) is 46.5 Å². The predicted octanol–water partition coefficient (Wildman–Crippen LogP) is 3.95. The average molecular weight is 406 g/mol. The molecule has 0 atom stereocenters. The SMILES string of the molecule is Cc1ccc(-n2nc(C)c3c(C(=O)NCCCN4CCCCC4)cc(C)nc32)cc1. The molecule has 3 aromatic rings. The zero-order valence-corrected chi connectivity index (χ0v) is 18.2. The maximum Gasteiger partial charge on any atom is 0.252 e. The molecule has 1 amide bonds. The van der Waals surface area contributed by atoms with E-state index in [0.717, 1.165) is 41.1 Å². The van der Waals surface area contributed by atoms with Gasteiger partial charge in [-0.05, 0) is 77.9 Å². The van der Waals surface area contributed by atoms with Gasteiger partial charge in [0.1, 0.15) is 0 Å². The first kappa shape index (κ1) is 20.5. The number of likely N-dealkylation sites (tertiary alicyclic amines) is 1. The first-order valence-corrected chi connectivity index (χ1v) is 11.0. The van der Waals surface area contributed by atoms with Gasteiger partial charge in [-0.3, -0.25) is 4.79 Å². The van der Waals surface area contributed by atoms with E-state index in [-0.39, 0.29) is 5.91 Å². The number of carbonyl (C=O) groups is 1. The lowest BCUT2D eigenvalue weighted by atomic mass is 10.1. The molecule has 0 radical (unpaired) electrons. The van der Waals surface area contributed by atoms with Crippen LogP contribution in [0.25, 0.3) is 16.7 Å². The van der Waals surface area contributed by atoms with Crippen molar-refractivity contribution < 1.29 is 4.79 Å². The number of nitrogens with one attached hydrogen (secondary N) is 1. The second-order valence-electron chi connectivity index (χ2n) is 8.35. The Morgan fingerprint density at radius 3 is 2.53 bits per heavy atom. The number of rotatable bonds is 6. The Morgan fingerprint density at radius 2 is 1.80 bits per heavy atom. The first-order valence-electron chi connectivity index (χ1n) is 11.0. The Kier molecular flexibility index (Phi) is 6.13. The number of aromatic nitrogens is 3. The number of piperidine rings is 1. The van der Waals surface area contributed by atoms with Gasteiger partial charge in [0.25, 0.3) is 5.91 Å². The molecule has 1 saturated heterocycles. The Hall–Kier alpha value is -2.73. The third kappa shape index (κ3) is 4.38. The minimum absolute atomic E-state index is 0.0456. The highest BCUT2D eigenvalue weighted by molar-refractivity contribution is 6.06. The van der Waals surface area contributed by atoms with E-state index in [1.54, 1.807) is 0 Å². The van der Waals surface area contributed by atoms with Crippen LogP contribution in [0.4, 0.5) is 0 Å². The predicted molar refractivity (Wildman–Crippen MR) is 120 cm³/mol. The van der Waals surface area contributed by atoms with Crippen LogP contribution in [0.5, 0.6) is 0 Å². The molecular formula is C24H31N5O. The zero-order chi connectivity index (χ0) is 21.1. The Balaban J connectivity index is 1.53. The maximum atomic E-state index is 13.0. The van der Waals surface area contributed by atoms with E-state index in [9.17, 15) is 4.79 Å². The van der Waals surface area contributed by atoms with E-state index in [2.05, 4.69) is 29.3 Å². The van der Waals surface area contributed by atoms with Gasteiger partial charge >= 0.3 is 0 Å². The molecule has 6 heteroatoms. The number of pyridine rings is 1. The first-order chi connectivity index (χ1) is 14.5. The molecule has 0 saturated carbocycles. The zero-order valence-electron chi connectivity index (χ0n) is 18.2. The van der Waals surface area contributed by atoms with Gasteiger partial charge in [-0.2, -0.15) is 5.10 Å². The van der Waals surface area contributed by atoms with E-state index >= 15 is 0 Å². The summed E-state index contributed by atoms with van der Waals surface area (Å²) in [6, 6.07) is 10.1. The number of hydrogen-bond acceptors (Lipinski definition) is 4. The van der Waals surface area contributed by atoms with Gasteiger partial charge in [0, 0.05) is 12.2 Å². The fourth-order valence-electron chi connectivity index (χ4n) is 4.24. The highest BCUT2D eigenvalue weighted by atomic mass is 16.1. The van der Waals surface area contributed by atoms with Crippen molar-refractivity contribution in [1.29, 1.82) is 0 Å². The van der Waals surface area contributed by atoms with E-state index in [1.165, 1.54) is 37.9 Å². The van der Waals surface area contributed by atoms with E-state index < -0.39 is 0 Å². The highest BCUT2D eigenvalue weighted by Crippen LogP contribution is 2.25. The van der Waals surface area contributed by atoms with Crippen LogP contribution in [0.1, 0.15) is 53.0 Å². The number of nitrogens with zero attached hydrogens (tertiary/aromatic N) is 4. The quantitative estimate of drug-likeness (QED) is 0.631. The number of benzene rings is 1. The fraction of sp³-hybridized carbons (Fsp3) is 0.458. The van der Waals surface area contributed by atoms with Gasteiger partial charge in [-0.1, -0.05) is 24.1 Å². The summed E-state index contributed by atoms with van der Waals surface area (Å²) in [6.07, 6.45) is 4.91. The Morgan fingerprint density at radius 1 is 1.07 bits per heavy atom. The van der Waals surface area contributed by atoms with Gasteiger partial charge < -0.3 is 10.2 Å². The average Bonchev–Trinajstić information content (AvgIpc) is 3.08. The standard InChI is InChI=1S/C24H31N5O/c1-17-8-10-20(11-9-17)29-23-22(19(3)27-29)21(16-18(2)26-23)24(30)25-12-7-15-28-13-5-4-6-14-28/h8-11,16H,4-7,12-15H2,1-3H3,(H,25,30). The molecule has 1 fully saturated rings. The van der Waals surface area contributed by atoms with E-state index in [0.29, 0.717) is 12.1 Å². The molecule has 1 N–H and O–H groups in total. The van der Waals surface area contributed by atoms with Crippen molar-refractivity contribution in [3.8, 4) is 5.69 Å². The number of fused-ring (bicyclic) bond motifs is 1. The largest absolute Gasteiger partial charge is 0.352 e. The minimum atomic E-state index is -0.0456. The summed E-state index contributed by atoms with van der Waals surface area (Å²) in [5, 5.41) is 8.64. The van der Waals surface area contributed by atoms with Crippen LogP contribution in [0, 0.1) is 20.8 Å². The van der Waals surface area contributed by atoms with Crippen LogP contribution >= 0.6 is 0 Å². The lowest BCUT2D eigenvalue weighted by molar-refractivity contribution is 0.0952. The van der Waals surface area contributed by atoms with E-state index in [1.807, 2.05) is 36.7 Å². The Bertz CT molecular complexity index is 1030. The summed E-state index contributed by atoms with van der Waals surface area (Å²) in [5.41, 5.74) is 5.16. The van der Waals surface area contributed by atoms with Crippen molar-refractivity contribution in [2.75, 3.05) is 26.2 Å². The molecule has 2 aromatic heterocycles. The monoisotopic (exact) mass is 405 g/mol. The summed E-state index contributed by atoms with van der Waals surface area (Å²) in [4.78, 5) is 20.2. The van der Waals surface area contributed by atoms with Gasteiger partial charge in [-0.25, -0.2) is 9.67 Å². The van der Waals surface area contributed by atoms with Gasteiger partial charge in [0.15, 0.2) is 5.65 Å². The second kappa shape index (κ2) is 8.96. The van der Waals surface area contributed by atoms with Gasteiger partial charge in [-0.15, -0.1) is 0 Å². The number of carbonyl (C=O) groups excluding carboxylic acids is 1. The van der Waals surface area contributed by atoms with Crippen molar-refractivity contribution in [3.63, 3.8) is 0 Å². The normalized spacial score (nSPS) is 14.9. The van der Waals surface area contributed by atoms with Crippen molar-refractivity contribution in [2.24, 2.45) is 0 Å². The minimum Gasteiger partial charge on any atom is -0.352 e. The molecule has 0 spiro atoms. The van der Waals surface area contributed by atoms with Crippen LogP contribution < -0.4 is 5.32 Å². The third-order valence-corrected chi connectivity index (χ3v) is 5.85. The molecule has 1 aliphatic heterocycles. The molecule has 30 heavy (non-hydrogen) atoms. The molecule has 0 bridgehead atoms. The van der Waals surface area contributed by atoms with Crippen molar-refractivity contribution in [1.82, 2.24) is 25.0 Å². The summed E-state index contributed by atoms with van der Waals surface area (Å²) < 4.78 is 1.84. The molecule has 4 rings (SSSR count). The molecule has 1 aliphatic rings. The fourth-order valence-corrected chi connectivity index (χ4v) is 4.24. The molecule has 3 heterocycles. The molecule has 0 unspecified atom stereocenters. The number of hydrogen-bond donors (Lipinski definition) is 1. The lowest BCUT2D eigenvalue weighted by Crippen LogP contribution is -2.33. The van der Waals surface area contributed by atoms with Crippen molar-refractivity contribution >= 4 is 16.9 Å².